The quantitative estimate of drug-likeness (QED) is 0.647. The van der Waals surface area contributed by atoms with Crippen molar-refractivity contribution in [3.8, 4) is 0 Å². The molecular weight excluding hydrogens is 351 g/mol. The second-order valence-electron chi connectivity index (χ2n) is 5.71. The smallest absolute Gasteiger partial charge is 0.244 e. The Kier molecular flexibility index (Phi) is 6.01. The van der Waals surface area contributed by atoms with Gasteiger partial charge in [-0.3, -0.25) is 9.20 Å². The van der Waals surface area contributed by atoms with Crippen molar-refractivity contribution in [1.29, 1.82) is 0 Å². The number of amides is 1. The van der Waals surface area contributed by atoms with Gasteiger partial charge in [0.2, 0.25) is 5.91 Å². The number of hydrogen-bond donors (Lipinski definition) is 1. The molecule has 134 valence electrons. The Morgan fingerprint density at radius 1 is 1.27 bits per heavy atom. The van der Waals surface area contributed by atoms with E-state index in [-0.39, 0.29) is 17.8 Å². The summed E-state index contributed by atoms with van der Waals surface area (Å²) >= 11 is 1.71. The third kappa shape index (κ3) is 4.49. The van der Waals surface area contributed by atoms with Gasteiger partial charge >= 0.3 is 0 Å². The summed E-state index contributed by atoms with van der Waals surface area (Å²) in [6.45, 7) is 0. The van der Waals surface area contributed by atoms with Crippen LogP contribution in [0.2, 0.25) is 0 Å². The molecule has 1 amide bonds. The van der Waals surface area contributed by atoms with Crippen molar-refractivity contribution >= 4 is 29.4 Å². The molecule has 0 unspecified atom stereocenters. The first-order chi connectivity index (χ1) is 12.7. The van der Waals surface area contributed by atoms with Gasteiger partial charge in [0.25, 0.3) is 0 Å². The minimum absolute atomic E-state index is 0.229. The predicted molar refractivity (Wildman–Crippen MR) is 102 cm³/mol. The number of benzene rings is 1. The zero-order chi connectivity index (χ0) is 18.4. The number of fused-ring (bicyclic) bond motifs is 1. The highest BCUT2D eigenvalue weighted by molar-refractivity contribution is 7.98. The number of nitrogens with one attached hydrogen (secondary N) is 1. The van der Waals surface area contributed by atoms with Crippen molar-refractivity contribution in [3.63, 3.8) is 0 Å². The molecule has 5 nitrogen and oxygen atoms in total. The Hall–Kier alpha value is -2.67. The van der Waals surface area contributed by atoms with Gasteiger partial charge in [0.1, 0.15) is 5.82 Å². The Morgan fingerprint density at radius 2 is 2.08 bits per heavy atom. The normalized spacial score (nSPS) is 12.5. The van der Waals surface area contributed by atoms with Crippen LogP contribution in [0.1, 0.15) is 23.9 Å². The van der Waals surface area contributed by atoms with E-state index in [1.54, 1.807) is 30.0 Å². The number of hydrogen-bond acceptors (Lipinski definition) is 4. The largest absolute Gasteiger partial charge is 0.342 e. The Balaban J connectivity index is 1.75. The van der Waals surface area contributed by atoms with E-state index in [1.807, 2.05) is 35.1 Å². The van der Waals surface area contributed by atoms with Crippen molar-refractivity contribution in [2.45, 2.75) is 12.5 Å². The molecule has 0 bridgehead atoms. The van der Waals surface area contributed by atoms with E-state index >= 15 is 0 Å². The number of aromatic nitrogens is 3. The van der Waals surface area contributed by atoms with E-state index < -0.39 is 0 Å². The molecule has 0 fully saturated rings. The van der Waals surface area contributed by atoms with Crippen molar-refractivity contribution in [3.05, 3.63) is 71.9 Å². The van der Waals surface area contributed by atoms with Crippen LogP contribution in [-0.2, 0) is 4.79 Å². The highest BCUT2D eigenvalue weighted by Gasteiger charge is 2.19. The topological polar surface area (TPSA) is 59.3 Å². The van der Waals surface area contributed by atoms with E-state index in [1.165, 1.54) is 18.2 Å². The summed E-state index contributed by atoms with van der Waals surface area (Å²) in [5.41, 5.74) is 1.50. The zero-order valence-electron chi connectivity index (χ0n) is 14.3. The van der Waals surface area contributed by atoms with Crippen molar-refractivity contribution in [2.75, 3.05) is 12.0 Å². The van der Waals surface area contributed by atoms with E-state index in [4.69, 9.17) is 0 Å². The van der Waals surface area contributed by atoms with Crippen LogP contribution in [0.15, 0.2) is 54.7 Å². The summed E-state index contributed by atoms with van der Waals surface area (Å²) in [6.07, 6.45) is 7.75. The Bertz CT molecular complexity index is 907. The summed E-state index contributed by atoms with van der Waals surface area (Å²) in [4.78, 5) is 12.4. The molecule has 1 N–H and O–H groups in total. The first kappa shape index (κ1) is 18.1. The number of carbonyl (C=O) groups excluding carboxylic acids is 1. The van der Waals surface area contributed by atoms with Crippen LogP contribution >= 0.6 is 11.8 Å². The molecule has 1 atom stereocenters. The zero-order valence-corrected chi connectivity index (χ0v) is 15.1. The first-order valence-corrected chi connectivity index (χ1v) is 9.59. The van der Waals surface area contributed by atoms with Gasteiger partial charge < -0.3 is 5.32 Å². The molecule has 2 aromatic heterocycles. The van der Waals surface area contributed by atoms with Gasteiger partial charge in [-0.05, 0) is 54.3 Å². The number of thioether (sulfide) groups is 1. The van der Waals surface area contributed by atoms with Crippen molar-refractivity contribution in [2.24, 2.45) is 0 Å². The fraction of sp³-hybridized carbons (Fsp3) is 0.211. The lowest BCUT2D eigenvalue weighted by molar-refractivity contribution is -0.117. The van der Waals surface area contributed by atoms with E-state index in [9.17, 15) is 9.18 Å². The number of nitrogens with zero attached hydrogens (tertiary/aromatic N) is 3. The third-order valence-electron chi connectivity index (χ3n) is 3.88. The monoisotopic (exact) mass is 370 g/mol. The second-order valence-corrected chi connectivity index (χ2v) is 6.70. The van der Waals surface area contributed by atoms with Crippen LogP contribution in [0.25, 0.3) is 11.7 Å². The minimum Gasteiger partial charge on any atom is -0.342 e. The summed E-state index contributed by atoms with van der Waals surface area (Å²) in [5.74, 6) is 1.06. The fourth-order valence-electron chi connectivity index (χ4n) is 2.56. The molecule has 0 radical (unpaired) electrons. The van der Waals surface area contributed by atoms with Gasteiger partial charge in [0, 0.05) is 12.3 Å². The van der Waals surface area contributed by atoms with Gasteiger partial charge in [-0.25, -0.2) is 4.39 Å². The number of carbonyl (C=O) groups is 1. The summed E-state index contributed by atoms with van der Waals surface area (Å²) in [5, 5.41) is 11.4. The van der Waals surface area contributed by atoms with Crippen LogP contribution in [0.4, 0.5) is 4.39 Å². The average Bonchev–Trinajstić information content (AvgIpc) is 3.09. The molecule has 26 heavy (non-hydrogen) atoms. The molecule has 1 aromatic carbocycles. The number of pyridine rings is 1. The van der Waals surface area contributed by atoms with Crippen LogP contribution in [0.3, 0.4) is 0 Å². The average molecular weight is 370 g/mol. The van der Waals surface area contributed by atoms with Gasteiger partial charge in [-0.2, -0.15) is 11.8 Å². The first-order valence-electron chi connectivity index (χ1n) is 8.20. The highest BCUT2D eigenvalue weighted by Crippen LogP contribution is 2.18. The van der Waals surface area contributed by atoms with E-state index in [0.717, 1.165) is 23.4 Å². The van der Waals surface area contributed by atoms with Crippen LogP contribution < -0.4 is 5.32 Å². The summed E-state index contributed by atoms with van der Waals surface area (Å²) < 4.78 is 14.8. The molecule has 0 saturated carbocycles. The Morgan fingerprint density at radius 3 is 2.85 bits per heavy atom. The molecule has 7 heteroatoms. The lowest BCUT2D eigenvalue weighted by Crippen LogP contribution is -2.29. The molecule has 0 spiro atoms. The van der Waals surface area contributed by atoms with Gasteiger partial charge in [0.15, 0.2) is 11.5 Å². The molecule has 3 rings (SSSR count). The lowest BCUT2D eigenvalue weighted by Gasteiger charge is -2.15. The summed E-state index contributed by atoms with van der Waals surface area (Å²) in [7, 11) is 0. The molecule has 0 aliphatic heterocycles. The number of rotatable bonds is 7. The fourth-order valence-corrected chi connectivity index (χ4v) is 3.04. The third-order valence-corrected chi connectivity index (χ3v) is 4.52. The van der Waals surface area contributed by atoms with Gasteiger partial charge in [-0.15, -0.1) is 10.2 Å². The minimum atomic E-state index is -0.303. The molecule has 0 aliphatic rings. The van der Waals surface area contributed by atoms with Crippen LogP contribution in [0.5, 0.6) is 0 Å². The van der Waals surface area contributed by atoms with Crippen LogP contribution in [-0.4, -0.2) is 32.5 Å². The highest BCUT2D eigenvalue weighted by atomic mass is 32.2. The van der Waals surface area contributed by atoms with E-state index in [2.05, 4.69) is 15.5 Å². The number of halogens is 1. The van der Waals surface area contributed by atoms with Gasteiger partial charge in [-0.1, -0.05) is 18.2 Å². The maximum absolute atomic E-state index is 12.9. The van der Waals surface area contributed by atoms with Gasteiger partial charge in [0.05, 0.1) is 6.04 Å². The maximum Gasteiger partial charge on any atom is 0.244 e. The SMILES string of the molecule is CSCC[C@H](NC(=O)/C=C/c1ccc(F)cc1)c1nnc2ccccn12. The Labute approximate surface area is 155 Å². The van der Waals surface area contributed by atoms with Crippen LogP contribution in [0, 0.1) is 5.82 Å². The van der Waals surface area contributed by atoms with Crippen molar-refractivity contribution in [1.82, 2.24) is 19.9 Å². The maximum atomic E-state index is 12.9. The molecular formula is C19H19FN4OS. The molecule has 3 aromatic rings. The lowest BCUT2D eigenvalue weighted by atomic mass is 10.2. The second kappa shape index (κ2) is 8.62. The van der Waals surface area contributed by atoms with E-state index in [0.29, 0.717) is 5.82 Å². The summed E-state index contributed by atoms with van der Waals surface area (Å²) in [6, 6.07) is 11.4. The van der Waals surface area contributed by atoms with Crippen molar-refractivity contribution < 1.29 is 9.18 Å². The predicted octanol–water partition coefficient (Wildman–Crippen LogP) is 3.49. The molecule has 0 saturated heterocycles. The molecule has 2 heterocycles. The molecule has 0 aliphatic carbocycles. The standard InChI is InChI=1S/C19H19FN4OS/c1-26-13-11-16(19-23-22-17-4-2-3-12-24(17)19)21-18(25)10-7-14-5-8-15(20)9-6-14/h2-10,12,16H,11,13H2,1H3,(H,21,25)/b10-7+/t16-/m0/s1.